The van der Waals surface area contributed by atoms with Crippen molar-refractivity contribution in [1.82, 2.24) is 4.90 Å². The van der Waals surface area contributed by atoms with Gasteiger partial charge in [-0.1, -0.05) is 6.92 Å². The maximum atomic E-state index is 11.8. The Labute approximate surface area is 141 Å². The van der Waals surface area contributed by atoms with Gasteiger partial charge in [-0.15, -0.1) is 0 Å². The van der Waals surface area contributed by atoms with Gasteiger partial charge in [0.15, 0.2) is 6.29 Å². The molecular weight excluding hydrogens is 327 g/mol. The largest absolute Gasteiger partial charge is 0.406 e. The number of alkyl halides is 3. The first-order valence-electron chi connectivity index (χ1n) is 8.39. The topological polar surface area (TPSA) is 48.0 Å². The van der Waals surface area contributed by atoms with Crippen molar-refractivity contribution in [3.05, 3.63) is 0 Å². The lowest BCUT2D eigenvalue weighted by atomic mass is 10.1. The molecule has 3 heterocycles. The minimum Gasteiger partial charge on any atom is -0.379 e. The summed E-state index contributed by atoms with van der Waals surface area (Å²) in [6.07, 6.45) is -0.606. The second-order valence-corrected chi connectivity index (χ2v) is 6.20. The summed E-state index contributed by atoms with van der Waals surface area (Å²) < 4.78 is 50.5. The van der Waals surface area contributed by atoms with E-state index in [2.05, 4.69) is 6.92 Å². The van der Waals surface area contributed by atoms with Crippen molar-refractivity contribution in [1.29, 1.82) is 0 Å². The average molecular weight is 355 g/mol. The molecule has 0 bridgehead atoms. The highest BCUT2D eigenvalue weighted by Crippen LogP contribution is 2.23. The Hall–Kier alpha value is -0.860. The SMILES string of the molecule is CC1CCCO1.CC1CCN(CC(F)(F)F)C1=O.CC1OCCO1. The first kappa shape index (κ1) is 21.2. The fraction of sp³-hybridized carbons (Fsp3) is 0.938. The standard InChI is InChI=1S/C7H10F3NO.C5H10O.C4H8O2/c1-5-2-3-11(6(5)12)4-7(8,9)10;1-5-3-2-4-6-5;1-4-5-2-3-6-4/h5H,2-4H2,1H3;5H,2-4H2,1H3;4H,2-3H2,1H3. The van der Waals surface area contributed by atoms with Gasteiger partial charge in [0.25, 0.3) is 0 Å². The smallest absolute Gasteiger partial charge is 0.379 e. The molecule has 0 aromatic carbocycles. The molecule has 0 spiro atoms. The van der Waals surface area contributed by atoms with E-state index in [9.17, 15) is 18.0 Å². The molecule has 142 valence electrons. The summed E-state index contributed by atoms with van der Waals surface area (Å²) in [6, 6.07) is 0. The van der Waals surface area contributed by atoms with Gasteiger partial charge in [-0.2, -0.15) is 13.2 Å². The summed E-state index contributed by atoms with van der Waals surface area (Å²) in [7, 11) is 0. The summed E-state index contributed by atoms with van der Waals surface area (Å²) in [5, 5.41) is 0. The van der Waals surface area contributed by atoms with Crippen LogP contribution in [0.4, 0.5) is 13.2 Å². The summed E-state index contributed by atoms with van der Waals surface area (Å²) in [6.45, 7) is 7.32. The van der Waals surface area contributed by atoms with Crippen LogP contribution in [0.2, 0.25) is 0 Å². The Balaban J connectivity index is 0.000000200. The van der Waals surface area contributed by atoms with E-state index >= 15 is 0 Å². The second-order valence-electron chi connectivity index (χ2n) is 6.20. The number of amides is 1. The molecule has 3 fully saturated rings. The third-order valence-electron chi connectivity index (χ3n) is 3.88. The van der Waals surface area contributed by atoms with Crippen molar-refractivity contribution in [3.8, 4) is 0 Å². The van der Waals surface area contributed by atoms with E-state index in [-0.39, 0.29) is 24.7 Å². The van der Waals surface area contributed by atoms with Gasteiger partial charge in [-0.3, -0.25) is 4.79 Å². The van der Waals surface area contributed by atoms with Crippen molar-refractivity contribution in [3.63, 3.8) is 0 Å². The first-order chi connectivity index (χ1) is 11.2. The average Bonchev–Trinajstić information content (AvgIpc) is 3.20. The quantitative estimate of drug-likeness (QED) is 0.726. The minimum absolute atomic E-state index is 0.0463. The summed E-state index contributed by atoms with van der Waals surface area (Å²) in [5.41, 5.74) is 0. The number of rotatable bonds is 1. The number of nitrogens with zero attached hydrogens (tertiary/aromatic N) is 1. The fourth-order valence-corrected chi connectivity index (χ4v) is 2.48. The number of carbonyl (C=O) groups excluding carboxylic acids is 1. The Morgan fingerprint density at radius 3 is 1.92 bits per heavy atom. The zero-order valence-corrected chi connectivity index (χ0v) is 14.6. The molecule has 2 atom stereocenters. The van der Waals surface area contributed by atoms with Crippen LogP contribution in [0.1, 0.15) is 40.0 Å². The normalized spacial score (nSPS) is 27.6. The number of likely N-dealkylation sites (tertiary alicyclic amines) is 1. The molecule has 0 aromatic heterocycles. The van der Waals surface area contributed by atoms with E-state index in [0.29, 0.717) is 12.5 Å². The van der Waals surface area contributed by atoms with Gasteiger partial charge in [0.2, 0.25) is 5.91 Å². The molecule has 3 rings (SSSR count). The molecule has 3 saturated heterocycles. The molecular formula is C16H28F3NO4. The summed E-state index contributed by atoms with van der Waals surface area (Å²) in [4.78, 5) is 11.9. The minimum atomic E-state index is -4.26. The third-order valence-corrected chi connectivity index (χ3v) is 3.88. The maximum Gasteiger partial charge on any atom is 0.406 e. The maximum absolute atomic E-state index is 11.8. The highest BCUT2D eigenvalue weighted by atomic mass is 19.4. The fourth-order valence-electron chi connectivity index (χ4n) is 2.48. The molecule has 0 N–H and O–H groups in total. The van der Waals surface area contributed by atoms with Gasteiger partial charge in [-0.25, -0.2) is 0 Å². The van der Waals surface area contributed by atoms with Crippen LogP contribution in [0.3, 0.4) is 0 Å². The molecule has 5 nitrogen and oxygen atoms in total. The van der Waals surface area contributed by atoms with Crippen molar-refractivity contribution >= 4 is 5.91 Å². The van der Waals surface area contributed by atoms with Crippen LogP contribution in [0.5, 0.6) is 0 Å². The van der Waals surface area contributed by atoms with Crippen LogP contribution < -0.4 is 0 Å². The lowest BCUT2D eigenvalue weighted by Crippen LogP contribution is -2.35. The van der Waals surface area contributed by atoms with Gasteiger partial charge in [-0.05, 0) is 33.1 Å². The van der Waals surface area contributed by atoms with Crippen LogP contribution in [-0.4, -0.2) is 62.3 Å². The van der Waals surface area contributed by atoms with Crippen molar-refractivity contribution < 1.29 is 32.2 Å². The van der Waals surface area contributed by atoms with E-state index < -0.39 is 12.7 Å². The van der Waals surface area contributed by atoms with E-state index in [4.69, 9.17) is 14.2 Å². The molecule has 0 radical (unpaired) electrons. The molecule has 3 aliphatic heterocycles. The summed E-state index contributed by atoms with van der Waals surface area (Å²) in [5.74, 6) is -0.625. The van der Waals surface area contributed by atoms with Gasteiger partial charge in [0, 0.05) is 19.1 Å². The molecule has 0 saturated carbocycles. The Bertz CT molecular complexity index is 353. The zero-order chi connectivity index (χ0) is 18.2. The highest BCUT2D eigenvalue weighted by Gasteiger charge is 2.37. The van der Waals surface area contributed by atoms with Crippen LogP contribution in [-0.2, 0) is 19.0 Å². The predicted molar refractivity (Wildman–Crippen MR) is 82.4 cm³/mol. The lowest BCUT2D eigenvalue weighted by Gasteiger charge is -2.17. The molecule has 1 amide bonds. The van der Waals surface area contributed by atoms with E-state index in [1.54, 1.807) is 6.92 Å². The van der Waals surface area contributed by atoms with Crippen LogP contribution in [0.25, 0.3) is 0 Å². The number of carbonyl (C=O) groups is 1. The zero-order valence-electron chi connectivity index (χ0n) is 14.6. The van der Waals surface area contributed by atoms with Crippen molar-refractivity contribution in [2.24, 2.45) is 5.92 Å². The predicted octanol–water partition coefficient (Wildman–Crippen LogP) is 2.98. The van der Waals surface area contributed by atoms with E-state index in [1.807, 2.05) is 6.92 Å². The number of hydrogen-bond donors (Lipinski definition) is 0. The Kier molecular flexibility index (Phi) is 9.01. The van der Waals surface area contributed by atoms with Gasteiger partial charge < -0.3 is 19.1 Å². The number of ether oxygens (including phenoxy) is 3. The molecule has 8 heteroatoms. The Morgan fingerprint density at radius 1 is 1.04 bits per heavy atom. The molecule has 0 aromatic rings. The van der Waals surface area contributed by atoms with Gasteiger partial charge in [0.1, 0.15) is 6.54 Å². The third kappa shape index (κ3) is 8.84. The van der Waals surface area contributed by atoms with E-state index in [1.165, 1.54) is 12.8 Å². The lowest BCUT2D eigenvalue weighted by molar-refractivity contribution is -0.158. The molecule has 0 aliphatic carbocycles. The second kappa shape index (κ2) is 10.2. The van der Waals surface area contributed by atoms with E-state index in [0.717, 1.165) is 24.7 Å². The van der Waals surface area contributed by atoms with Crippen molar-refractivity contribution in [2.45, 2.75) is 58.6 Å². The van der Waals surface area contributed by atoms with Gasteiger partial charge >= 0.3 is 6.18 Å². The molecule has 24 heavy (non-hydrogen) atoms. The van der Waals surface area contributed by atoms with Crippen LogP contribution in [0, 0.1) is 5.92 Å². The molecule has 3 aliphatic rings. The monoisotopic (exact) mass is 355 g/mol. The molecule has 2 unspecified atom stereocenters. The van der Waals surface area contributed by atoms with Crippen molar-refractivity contribution in [2.75, 3.05) is 32.9 Å². The number of hydrogen-bond acceptors (Lipinski definition) is 4. The number of halogens is 3. The Morgan fingerprint density at radius 2 is 1.67 bits per heavy atom. The highest BCUT2D eigenvalue weighted by molar-refractivity contribution is 5.80. The summed E-state index contributed by atoms with van der Waals surface area (Å²) >= 11 is 0. The van der Waals surface area contributed by atoms with Crippen LogP contribution >= 0.6 is 0 Å². The van der Waals surface area contributed by atoms with Gasteiger partial charge in [0.05, 0.1) is 19.3 Å². The van der Waals surface area contributed by atoms with Crippen LogP contribution in [0.15, 0.2) is 0 Å². The first-order valence-corrected chi connectivity index (χ1v) is 8.39.